The summed E-state index contributed by atoms with van der Waals surface area (Å²) >= 11 is 0. The molecule has 2 heterocycles. The first kappa shape index (κ1) is 15.7. The van der Waals surface area contributed by atoms with Crippen molar-refractivity contribution in [1.82, 2.24) is 0 Å². The molecule has 3 atom stereocenters. The second-order valence-corrected chi connectivity index (χ2v) is 5.04. The highest BCUT2D eigenvalue weighted by Crippen LogP contribution is 2.27. The van der Waals surface area contributed by atoms with Crippen LogP contribution in [0.5, 0.6) is 0 Å². The Kier molecular flexibility index (Phi) is 5.74. The highest BCUT2D eigenvalue weighted by molar-refractivity contribution is 5.69. The number of esters is 1. The van der Waals surface area contributed by atoms with Crippen LogP contribution in [0.4, 0.5) is 0 Å². The van der Waals surface area contributed by atoms with Gasteiger partial charge in [-0.05, 0) is 6.42 Å². The first-order valence-corrected chi connectivity index (χ1v) is 6.95. The van der Waals surface area contributed by atoms with Crippen molar-refractivity contribution < 1.29 is 33.6 Å². The molecule has 0 radical (unpaired) electrons. The van der Waals surface area contributed by atoms with E-state index >= 15 is 0 Å². The minimum Gasteiger partial charge on any atom is -0.463 e. The summed E-state index contributed by atoms with van der Waals surface area (Å²) < 4.78 is 27.5. The second kappa shape index (κ2) is 7.33. The Bertz CT molecular complexity index is 318. The normalized spacial score (nSPS) is 34.1. The Morgan fingerprint density at radius 2 is 1.90 bits per heavy atom. The summed E-state index contributed by atoms with van der Waals surface area (Å²) in [5, 5.41) is 9.14. The van der Waals surface area contributed by atoms with Gasteiger partial charge in [-0.3, -0.25) is 4.79 Å². The first-order chi connectivity index (χ1) is 9.67. The van der Waals surface area contributed by atoms with E-state index < -0.39 is 11.9 Å². The molecule has 7 nitrogen and oxygen atoms in total. The van der Waals surface area contributed by atoms with Gasteiger partial charge in [0.25, 0.3) is 0 Å². The van der Waals surface area contributed by atoms with Crippen molar-refractivity contribution in [2.75, 3.05) is 39.6 Å². The summed E-state index contributed by atoms with van der Waals surface area (Å²) in [6.45, 7) is 3.06. The summed E-state index contributed by atoms with van der Waals surface area (Å²) in [6.07, 6.45) is 0.338. The van der Waals surface area contributed by atoms with Crippen LogP contribution in [0.3, 0.4) is 0 Å². The topological polar surface area (TPSA) is 83.5 Å². The van der Waals surface area contributed by atoms with Crippen LogP contribution in [0, 0.1) is 0 Å². The zero-order chi connectivity index (χ0) is 14.4. The Morgan fingerprint density at radius 1 is 1.25 bits per heavy atom. The quantitative estimate of drug-likeness (QED) is 0.705. The van der Waals surface area contributed by atoms with Gasteiger partial charge in [-0.25, -0.2) is 0 Å². The molecule has 2 aliphatic rings. The molecule has 0 saturated carbocycles. The largest absolute Gasteiger partial charge is 0.463 e. The van der Waals surface area contributed by atoms with Gasteiger partial charge in [-0.15, -0.1) is 0 Å². The molecule has 0 amide bonds. The molecule has 1 spiro atoms. The monoisotopic (exact) mass is 290 g/mol. The number of hydrogen-bond acceptors (Lipinski definition) is 7. The molecule has 7 heteroatoms. The van der Waals surface area contributed by atoms with Crippen molar-refractivity contribution in [2.45, 2.75) is 37.8 Å². The standard InChI is InChI=1S/C13H22O7/c1-2-3-12(15)18-7-11-6-17-9-13(20-11)8-16-5-10(4-14)19-13/h10-11,14H,2-9H2,1H3/t10-,11+,13+/m1/s1. The Balaban J connectivity index is 1.83. The average Bonchev–Trinajstić information content (AvgIpc) is 2.46. The van der Waals surface area contributed by atoms with Gasteiger partial charge in [-0.1, -0.05) is 6.92 Å². The molecule has 2 aliphatic heterocycles. The smallest absolute Gasteiger partial charge is 0.305 e. The number of aliphatic hydroxyl groups excluding tert-OH is 1. The van der Waals surface area contributed by atoms with E-state index in [1.807, 2.05) is 6.92 Å². The molecule has 0 unspecified atom stereocenters. The van der Waals surface area contributed by atoms with Crippen LogP contribution in [-0.4, -0.2) is 68.7 Å². The number of carbonyl (C=O) groups excluding carboxylic acids is 1. The van der Waals surface area contributed by atoms with Crippen LogP contribution in [0.2, 0.25) is 0 Å². The van der Waals surface area contributed by atoms with Crippen LogP contribution < -0.4 is 0 Å². The Morgan fingerprint density at radius 3 is 2.55 bits per heavy atom. The molecule has 2 saturated heterocycles. The van der Waals surface area contributed by atoms with Gasteiger partial charge in [0.2, 0.25) is 5.79 Å². The number of aliphatic hydroxyl groups is 1. The lowest BCUT2D eigenvalue weighted by Gasteiger charge is -2.44. The van der Waals surface area contributed by atoms with E-state index in [2.05, 4.69) is 0 Å². The SMILES string of the molecule is CCCC(=O)OC[C@@H]1COC[C@]2(COC[C@@H](CO)O2)O1. The predicted octanol–water partition coefficient (Wildman–Crippen LogP) is -0.151. The zero-order valence-corrected chi connectivity index (χ0v) is 11.7. The van der Waals surface area contributed by atoms with Crippen LogP contribution in [0.1, 0.15) is 19.8 Å². The van der Waals surface area contributed by atoms with Crippen molar-refractivity contribution in [3.05, 3.63) is 0 Å². The van der Waals surface area contributed by atoms with Gasteiger partial charge in [0.15, 0.2) is 0 Å². The van der Waals surface area contributed by atoms with E-state index in [9.17, 15) is 4.79 Å². The maximum Gasteiger partial charge on any atom is 0.305 e. The maximum atomic E-state index is 11.3. The molecular weight excluding hydrogens is 268 g/mol. The lowest BCUT2D eigenvalue weighted by atomic mass is 10.2. The van der Waals surface area contributed by atoms with E-state index in [0.29, 0.717) is 19.6 Å². The first-order valence-electron chi connectivity index (χ1n) is 6.95. The fraction of sp³-hybridized carbons (Fsp3) is 0.923. The van der Waals surface area contributed by atoms with Gasteiger partial charge in [-0.2, -0.15) is 0 Å². The van der Waals surface area contributed by atoms with Crippen molar-refractivity contribution in [3.63, 3.8) is 0 Å². The summed E-state index contributed by atoms with van der Waals surface area (Å²) in [4.78, 5) is 11.3. The van der Waals surface area contributed by atoms with E-state index in [4.69, 9.17) is 28.8 Å². The minimum atomic E-state index is -1.01. The molecule has 1 N–H and O–H groups in total. The van der Waals surface area contributed by atoms with E-state index in [0.717, 1.165) is 6.42 Å². The third kappa shape index (κ3) is 4.13. The molecule has 0 aromatic rings. The van der Waals surface area contributed by atoms with Gasteiger partial charge in [0, 0.05) is 6.42 Å². The van der Waals surface area contributed by atoms with Crippen molar-refractivity contribution in [1.29, 1.82) is 0 Å². The molecule has 2 rings (SSSR count). The van der Waals surface area contributed by atoms with Gasteiger partial charge in [0.05, 0.1) is 19.8 Å². The number of hydrogen-bond donors (Lipinski definition) is 1. The van der Waals surface area contributed by atoms with Gasteiger partial charge < -0.3 is 28.8 Å². The molecule has 20 heavy (non-hydrogen) atoms. The Labute approximate surface area is 118 Å². The summed E-state index contributed by atoms with van der Waals surface area (Å²) in [5.41, 5.74) is 0. The lowest BCUT2D eigenvalue weighted by Crippen LogP contribution is -2.59. The molecule has 116 valence electrons. The molecular formula is C13H22O7. The van der Waals surface area contributed by atoms with Crippen LogP contribution in [-0.2, 0) is 28.5 Å². The highest BCUT2D eigenvalue weighted by Gasteiger charge is 2.44. The molecule has 0 aromatic carbocycles. The van der Waals surface area contributed by atoms with Gasteiger partial charge in [0.1, 0.15) is 32.0 Å². The minimum absolute atomic E-state index is 0.133. The summed E-state index contributed by atoms with van der Waals surface area (Å²) in [5.74, 6) is -1.25. The fourth-order valence-corrected chi connectivity index (χ4v) is 2.21. The van der Waals surface area contributed by atoms with Crippen molar-refractivity contribution in [2.24, 2.45) is 0 Å². The molecule has 0 aromatic heterocycles. The number of ether oxygens (including phenoxy) is 5. The molecule has 2 fully saturated rings. The van der Waals surface area contributed by atoms with Crippen molar-refractivity contribution in [3.8, 4) is 0 Å². The van der Waals surface area contributed by atoms with Gasteiger partial charge >= 0.3 is 5.97 Å². The molecule has 0 aliphatic carbocycles. The third-order valence-electron chi connectivity index (χ3n) is 3.10. The highest BCUT2D eigenvalue weighted by atomic mass is 16.8. The zero-order valence-electron chi connectivity index (χ0n) is 11.7. The second-order valence-electron chi connectivity index (χ2n) is 5.04. The molecule has 0 bridgehead atoms. The number of rotatable bonds is 5. The Hall–Kier alpha value is -0.730. The van der Waals surface area contributed by atoms with E-state index in [1.54, 1.807) is 0 Å². The van der Waals surface area contributed by atoms with Crippen LogP contribution >= 0.6 is 0 Å². The average molecular weight is 290 g/mol. The predicted molar refractivity (Wildman–Crippen MR) is 67.1 cm³/mol. The maximum absolute atomic E-state index is 11.3. The number of carbonyl (C=O) groups is 1. The fourth-order valence-electron chi connectivity index (χ4n) is 2.21. The van der Waals surface area contributed by atoms with Crippen molar-refractivity contribution >= 4 is 5.97 Å². The van der Waals surface area contributed by atoms with Crippen LogP contribution in [0.25, 0.3) is 0 Å². The third-order valence-corrected chi connectivity index (χ3v) is 3.10. The van der Waals surface area contributed by atoms with Crippen LogP contribution in [0.15, 0.2) is 0 Å². The van der Waals surface area contributed by atoms with E-state index in [1.165, 1.54) is 0 Å². The summed E-state index contributed by atoms with van der Waals surface area (Å²) in [7, 11) is 0. The van der Waals surface area contributed by atoms with E-state index in [-0.39, 0.29) is 38.5 Å². The summed E-state index contributed by atoms with van der Waals surface area (Å²) in [6, 6.07) is 0. The lowest BCUT2D eigenvalue weighted by molar-refractivity contribution is -0.374.